The summed E-state index contributed by atoms with van der Waals surface area (Å²) >= 11 is 0. The molecule has 0 aliphatic carbocycles. The van der Waals surface area contributed by atoms with Crippen molar-refractivity contribution in [2.75, 3.05) is 13.2 Å². The van der Waals surface area contributed by atoms with E-state index in [-0.39, 0.29) is 31.1 Å². The minimum absolute atomic E-state index is 0.0979. The molecule has 0 rings (SSSR count). The number of hydrogen-bond donors (Lipinski definition) is 0. The maximum Gasteiger partial charge on any atom is 0.306 e. The minimum Gasteiger partial charge on any atom is -0.462 e. The Morgan fingerprint density at radius 2 is 0.506 bits per heavy atom. The van der Waals surface area contributed by atoms with E-state index in [0.717, 1.165) is 109 Å². The molecule has 0 aromatic carbocycles. The van der Waals surface area contributed by atoms with Crippen LogP contribution >= 0.6 is 0 Å². The molecule has 6 nitrogen and oxygen atoms in total. The Labute approximate surface area is 475 Å². The number of unbranched alkanes of at least 4 members (excludes halogenated alkanes) is 26. The van der Waals surface area contributed by atoms with Crippen molar-refractivity contribution < 1.29 is 28.6 Å². The molecule has 0 aromatic rings. The van der Waals surface area contributed by atoms with E-state index in [0.29, 0.717) is 19.3 Å². The van der Waals surface area contributed by atoms with Crippen LogP contribution in [0.5, 0.6) is 0 Å². The highest BCUT2D eigenvalue weighted by Crippen LogP contribution is 2.15. The zero-order chi connectivity index (χ0) is 55.7. The van der Waals surface area contributed by atoms with Crippen LogP contribution in [0.15, 0.2) is 122 Å². The fourth-order valence-electron chi connectivity index (χ4n) is 8.62. The molecule has 1 atom stereocenters. The number of allylic oxidation sites excluding steroid dienone is 20. The van der Waals surface area contributed by atoms with Gasteiger partial charge in [-0.15, -0.1) is 0 Å². The zero-order valence-corrected chi connectivity index (χ0v) is 50.2. The summed E-state index contributed by atoms with van der Waals surface area (Å²) in [6, 6.07) is 0. The van der Waals surface area contributed by atoms with E-state index < -0.39 is 6.10 Å². The molecular weight excluding hydrogens is 949 g/mol. The summed E-state index contributed by atoms with van der Waals surface area (Å²) < 4.78 is 16.9. The van der Waals surface area contributed by atoms with E-state index in [1.54, 1.807) is 0 Å². The molecule has 1 unspecified atom stereocenters. The van der Waals surface area contributed by atoms with Crippen LogP contribution in [0, 0.1) is 0 Å². The second kappa shape index (κ2) is 64.3. The summed E-state index contributed by atoms with van der Waals surface area (Å²) in [7, 11) is 0. The first-order valence-electron chi connectivity index (χ1n) is 32.0. The van der Waals surface area contributed by atoms with Crippen molar-refractivity contribution >= 4 is 17.9 Å². The Balaban J connectivity index is 4.49. The number of carbonyl (C=O) groups excluding carboxylic acids is 3. The van der Waals surface area contributed by atoms with Crippen molar-refractivity contribution in [3.63, 3.8) is 0 Å². The van der Waals surface area contributed by atoms with Crippen molar-refractivity contribution in [3.8, 4) is 0 Å². The predicted molar refractivity (Wildman–Crippen MR) is 334 cm³/mol. The number of rotatable bonds is 57. The Bertz CT molecular complexity index is 1600. The molecule has 0 spiro atoms. The summed E-state index contributed by atoms with van der Waals surface area (Å²) in [5, 5.41) is 0. The third kappa shape index (κ3) is 62.5. The Kier molecular flexibility index (Phi) is 60.8. The Morgan fingerprint density at radius 1 is 0.273 bits per heavy atom. The van der Waals surface area contributed by atoms with Crippen molar-refractivity contribution in [2.24, 2.45) is 0 Å². The molecule has 0 fully saturated rings. The Morgan fingerprint density at radius 3 is 0.818 bits per heavy atom. The lowest BCUT2D eigenvalue weighted by Gasteiger charge is -2.18. The molecule has 0 radical (unpaired) electrons. The smallest absolute Gasteiger partial charge is 0.306 e. The van der Waals surface area contributed by atoms with Gasteiger partial charge in [-0.1, -0.05) is 258 Å². The van der Waals surface area contributed by atoms with Gasteiger partial charge in [0.2, 0.25) is 0 Å². The molecule has 0 saturated heterocycles. The van der Waals surface area contributed by atoms with Gasteiger partial charge in [-0.25, -0.2) is 0 Å². The molecule has 77 heavy (non-hydrogen) atoms. The molecule has 0 amide bonds. The fourth-order valence-corrected chi connectivity index (χ4v) is 8.62. The number of esters is 3. The van der Waals surface area contributed by atoms with Gasteiger partial charge in [-0.3, -0.25) is 14.4 Å². The van der Waals surface area contributed by atoms with E-state index >= 15 is 0 Å². The third-order valence-electron chi connectivity index (χ3n) is 13.4. The van der Waals surface area contributed by atoms with Gasteiger partial charge in [0, 0.05) is 19.3 Å². The van der Waals surface area contributed by atoms with Gasteiger partial charge in [0.1, 0.15) is 13.2 Å². The average molecular weight is 1070 g/mol. The second-order valence-corrected chi connectivity index (χ2v) is 20.9. The summed E-state index contributed by atoms with van der Waals surface area (Å²) in [6.07, 6.45) is 89.1. The first kappa shape index (κ1) is 72.8. The average Bonchev–Trinajstić information content (AvgIpc) is 3.43. The SMILES string of the molecule is CC/C=C\C/C=C\C/C=C\C/C=C\C/C=C\C/C=C\CCCCC(=O)OCC(COC(=O)CCCCCCCCCCC/C=C\C/C=C\CCCCC)OC(=O)CCCCCCCCCCC/C=C\C/C=C\CCCCC. The molecule has 0 N–H and O–H groups in total. The van der Waals surface area contributed by atoms with Gasteiger partial charge < -0.3 is 14.2 Å². The Hall–Kier alpha value is -4.19. The molecule has 0 bridgehead atoms. The standard InChI is InChI=1S/C71H118O6/c1-4-7-10-13-16-19-22-25-28-31-34-35-38-40-43-46-49-52-55-58-61-64-70(73)76-67-68(77-71(74)65-62-59-56-53-50-47-44-41-37-33-30-27-24-21-18-15-12-9-6-3)66-75-69(72)63-60-57-54-51-48-45-42-39-36-32-29-26-23-20-17-14-11-8-5-2/h7,10,16-21,25-30,34-35,40,43,49,52,68H,4-6,8-9,11-15,22-24,31-33,36-39,41-42,44-48,50-51,53-67H2,1-3H3/b10-7-,19-16-,20-17-,21-18-,28-25-,29-26-,30-27-,35-34-,43-40-,52-49-. The highest BCUT2D eigenvalue weighted by molar-refractivity contribution is 5.71. The van der Waals surface area contributed by atoms with Gasteiger partial charge in [-0.2, -0.15) is 0 Å². The van der Waals surface area contributed by atoms with Crippen LogP contribution in [0.3, 0.4) is 0 Å². The third-order valence-corrected chi connectivity index (χ3v) is 13.4. The number of ether oxygens (including phenoxy) is 3. The van der Waals surface area contributed by atoms with E-state index in [1.165, 1.54) is 141 Å². The lowest BCUT2D eigenvalue weighted by atomic mass is 10.1. The van der Waals surface area contributed by atoms with E-state index in [1.807, 2.05) is 0 Å². The number of hydrogen-bond acceptors (Lipinski definition) is 6. The van der Waals surface area contributed by atoms with Crippen LogP contribution in [0.1, 0.15) is 290 Å². The highest BCUT2D eigenvalue weighted by atomic mass is 16.6. The van der Waals surface area contributed by atoms with Gasteiger partial charge in [0.25, 0.3) is 0 Å². The highest BCUT2D eigenvalue weighted by Gasteiger charge is 2.19. The van der Waals surface area contributed by atoms with E-state index in [9.17, 15) is 14.4 Å². The van der Waals surface area contributed by atoms with Gasteiger partial charge >= 0.3 is 17.9 Å². The van der Waals surface area contributed by atoms with Crippen LogP contribution < -0.4 is 0 Å². The summed E-state index contributed by atoms with van der Waals surface area (Å²) in [5.41, 5.74) is 0. The molecule has 0 heterocycles. The van der Waals surface area contributed by atoms with E-state index in [2.05, 4.69) is 142 Å². The van der Waals surface area contributed by atoms with Crippen LogP contribution in [-0.2, 0) is 28.6 Å². The number of carbonyl (C=O) groups is 3. The predicted octanol–water partition coefficient (Wildman–Crippen LogP) is 22.0. The lowest BCUT2D eigenvalue weighted by Crippen LogP contribution is -2.30. The first-order valence-corrected chi connectivity index (χ1v) is 32.0. The summed E-state index contributed by atoms with van der Waals surface area (Å²) in [5.74, 6) is -0.946. The van der Waals surface area contributed by atoms with Crippen LogP contribution in [0.25, 0.3) is 0 Å². The second-order valence-electron chi connectivity index (χ2n) is 20.9. The summed E-state index contributed by atoms with van der Waals surface area (Å²) in [6.45, 7) is 6.45. The summed E-state index contributed by atoms with van der Waals surface area (Å²) in [4.78, 5) is 38.4. The quantitative estimate of drug-likeness (QED) is 0.0261. The van der Waals surface area contributed by atoms with Gasteiger partial charge in [0.15, 0.2) is 6.10 Å². The maximum absolute atomic E-state index is 12.9. The zero-order valence-electron chi connectivity index (χ0n) is 50.2. The normalized spacial score (nSPS) is 12.9. The van der Waals surface area contributed by atoms with Crippen molar-refractivity contribution in [1.82, 2.24) is 0 Å². The molecule has 0 aliphatic heterocycles. The van der Waals surface area contributed by atoms with Gasteiger partial charge in [-0.05, 0) is 135 Å². The molecule has 6 heteroatoms. The topological polar surface area (TPSA) is 78.9 Å². The van der Waals surface area contributed by atoms with Crippen LogP contribution in [-0.4, -0.2) is 37.2 Å². The van der Waals surface area contributed by atoms with Crippen LogP contribution in [0.4, 0.5) is 0 Å². The van der Waals surface area contributed by atoms with Crippen molar-refractivity contribution in [2.45, 2.75) is 297 Å². The van der Waals surface area contributed by atoms with E-state index in [4.69, 9.17) is 14.2 Å². The minimum atomic E-state index is -0.805. The fraction of sp³-hybridized carbons (Fsp3) is 0.676. The molecule has 0 aliphatic rings. The largest absolute Gasteiger partial charge is 0.462 e. The van der Waals surface area contributed by atoms with Crippen LogP contribution in [0.2, 0.25) is 0 Å². The lowest BCUT2D eigenvalue weighted by molar-refractivity contribution is -0.167. The molecule has 0 saturated carbocycles. The molecule has 438 valence electrons. The molecule has 0 aromatic heterocycles. The monoisotopic (exact) mass is 1070 g/mol. The van der Waals surface area contributed by atoms with Crippen molar-refractivity contribution in [1.29, 1.82) is 0 Å². The van der Waals surface area contributed by atoms with Gasteiger partial charge in [0.05, 0.1) is 0 Å². The first-order chi connectivity index (χ1) is 38.0. The maximum atomic E-state index is 12.9. The van der Waals surface area contributed by atoms with Crippen molar-refractivity contribution in [3.05, 3.63) is 122 Å². The molecular formula is C71H118O6.